The largest absolute Gasteiger partial charge is 0.443 e. The maximum absolute atomic E-state index is 13.0. The molecule has 45 heavy (non-hydrogen) atoms. The standard InChI is InChI=1S/C32H35N7O5S/c1-3-45(42,43)38-18-32(19-38,12-13-33)39-17-26(16-36-39)29-27-11-14-37(30(27)35-20-34-29)21-44-31(41)22(2)24-9-7-23(8-10-24)15-25-5-4-6-28(25)40/h7-11,14,16-17,20,22,25H,3-6,12,15,18-19,21H2,1-2H3. The first-order chi connectivity index (χ1) is 21.6. The van der Waals surface area contributed by atoms with Crippen molar-refractivity contribution in [1.29, 1.82) is 5.26 Å². The average molecular weight is 630 g/mol. The lowest BCUT2D eigenvalue weighted by Crippen LogP contribution is -2.64. The Kier molecular flexibility index (Phi) is 8.28. The summed E-state index contributed by atoms with van der Waals surface area (Å²) in [7, 11) is -3.36. The molecule has 0 amide bonds. The van der Waals surface area contributed by atoms with E-state index >= 15 is 0 Å². The predicted octanol–water partition coefficient (Wildman–Crippen LogP) is 3.79. The molecule has 6 rings (SSSR count). The third-order valence-electron chi connectivity index (χ3n) is 9.10. The number of ketones is 1. The molecular formula is C32H35N7O5S. The molecule has 0 N–H and O–H groups in total. The summed E-state index contributed by atoms with van der Waals surface area (Å²) in [5.74, 6) is -0.386. The van der Waals surface area contributed by atoms with Crippen molar-refractivity contribution in [3.63, 3.8) is 0 Å². The van der Waals surface area contributed by atoms with Gasteiger partial charge in [-0.1, -0.05) is 24.3 Å². The van der Waals surface area contributed by atoms with Crippen molar-refractivity contribution >= 4 is 32.8 Å². The number of sulfonamides is 1. The molecule has 3 aromatic heterocycles. The number of carbonyl (C=O) groups is 2. The highest BCUT2D eigenvalue weighted by atomic mass is 32.2. The number of rotatable bonds is 11. The summed E-state index contributed by atoms with van der Waals surface area (Å²) in [4.78, 5) is 33.9. The number of benzene rings is 1. The zero-order valence-electron chi connectivity index (χ0n) is 25.3. The number of ether oxygens (including phenoxy) is 1. The Labute approximate surface area is 261 Å². The van der Waals surface area contributed by atoms with Gasteiger partial charge in [0.05, 0.1) is 36.1 Å². The van der Waals surface area contributed by atoms with Crippen LogP contribution in [0.2, 0.25) is 0 Å². The summed E-state index contributed by atoms with van der Waals surface area (Å²) in [6.07, 6.45) is 10.1. The Morgan fingerprint density at radius 2 is 1.98 bits per heavy atom. The fourth-order valence-electron chi connectivity index (χ4n) is 6.24. The fraction of sp³-hybridized carbons (Fsp3) is 0.438. The minimum Gasteiger partial charge on any atom is -0.443 e. The van der Waals surface area contributed by atoms with E-state index in [4.69, 9.17) is 4.74 Å². The molecule has 13 heteroatoms. The molecule has 12 nitrogen and oxygen atoms in total. The third kappa shape index (κ3) is 5.87. The average Bonchev–Trinajstić information content (AvgIpc) is 3.78. The molecule has 1 saturated heterocycles. The molecule has 234 valence electrons. The highest BCUT2D eigenvalue weighted by molar-refractivity contribution is 7.89. The first-order valence-corrected chi connectivity index (χ1v) is 16.7. The van der Waals surface area contributed by atoms with E-state index in [-0.39, 0.29) is 43.9 Å². The van der Waals surface area contributed by atoms with Crippen molar-refractivity contribution in [2.75, 3.05) is 18.8 Å². The Morgan fingerprint density at radius 1 is 1.20 bits per heavy atom. The van der Waals surface area contributed by atoms with Gasteiger partial charge in [0.15, 0.2) is 6.73 Å². The van der Waals surface area contributed by atoms with Gasteiger partial charge in [0.2, 0.25) is 10.0 Å². The van der Waals surface area contributed by atoms with E-state index in [0.29, 0.717) is 29.1 Å². The Hall–Kier alpha value is -4.41. The van der Waals surface area contributed by atoms with Gasteiger partial charge in [-0.05, 0) is 50.3 Å². The van der Waals surface area contributed by atoms with E-state index in [1.54, 1.807) is 34.8 Å². The van der Waals surface area contributed by atoms with Crippen molar-refractivity contribution in [2.24, 2.45) is 5.92 Å². The van der Waals surface area contributed by atoms with Crippen molar-refractivity contribution in [3.8, 4) is 17.3 Å². The lowest BCUT2D eigenvalue weighted by atomic mass is 9.89. The number of hydrogen-bond donors (Lipinski definition) is 0. The van der Waals surface area contributed by atoms with Crippen molar-refractivity contribution in [1.82, 2.24) is 28.6 Å². The number of nitrogens with zero attached hydrogens (tertiary/aromatic N) is 7. The van der Waals surface area contributed by atoms with E-state index in [1.807, 2.05) is 37.3 Å². The Balaban J connectivity index is 1.13. The predicted molar refractivity (Wildman–Crippen MR) is 165 cm³/mol. The van der Waals surface area contributed by atoms with Crippen molar-refractivity contribution in [2.45, 2.75) is 64.1 Å². The molecule has 2 aliphatic rings. The van der Waals surface area contributed by atoms with Crippen LogP contribution in [0.15, 0.2) is 55.2 Å². The van der Waals surface area contributed by atoms with Gasteiger partial charge in [0.1, 0.15) is 23.3 Å². The van der Waals surface area contributed by atoms with Crippen molar-refractivity contribution in [3.05, 3.63) is 66.4 Å². The molecule has 0 radical (unpaired) electrons. The zero-order chi connectivity index (χ0) is 31.8. The van der Waals surface area contributed by atoms with Crippen LogP contribution in [0.4, 0.5) is 0 Å². The smallest absolute Gasteiger partial charge is 0.314 e. The number of nitriles is 1. The SMILES string of the molecule is CCS(=O)(=O)N1CC(CC#N)(n2cc(-c3ncnc4c3ccn4COC(=O)C(C)c3ccc(CC4CCCC4=O)cc3)cn2)C1. The quantitative estimate of drug-likeness (QED) is 0.226. The molecule has 2 atom stereocenters. The van der Waals surface area contributed by atoms with Gasteiger partial charge in [-0.15, -0.1) is 0 Å². The van der Waals surface area contributed by atoms with Crippen LogP contribution in [-0.4, -0.2) is 67.6 Å². The maximum Gasteiger partial charge on any atom is 0.314 e. The summed E-state index contributed by atoms with van der Waals surface area (Å²) in [5, 5.41) is 14.7. The zero-order valence-corrected chi connectivity index (χ0v) is 26.1. The van der Waals surface area contributed by atoms with Crippen LogP contribution in [-0.2, 0) is 43.0 Å². The second kappa shape index (κ2) is 12.2. The number of esters is 1. The van der Waals surface area contributed by atoms with E-state index in [2.05, 4.69) is 21.1 Å². The second-order valence-corrected chi connectivity index (χ2v) is 14.2. The van der Waals surface area contributed by atoms with E-state index < -0.39 is 21.5 Å². The first kappa shape index (κ1) is 30.6. The molecule has 0 bridgehead atoms. The minimum atomic E-state index is -3.36. The lowest BCUT2D eigenvalue weighted by Gasteiger charge is -2.47. The molecule has 2 unspecified atom stereocenters. The molecule has 0 spiro atoms. The summed E-state index contributed by atoms with van der Waals surface area (Å²) in [6.45, 7) is 3.74. The topological polar surface area (TPSA) is 153 Å². The molecule has 1 aromatic carbocycles. The lowest BCUT2D eigenvalue weighted by molar-refractivity contribution is -0.148. The number of hydrogen-bond acceptors (Lipinski definition) is 9. The monoisotopic (exact) mass is 629 g/mol. The van der Waals surface area contributed by atoms with Gasteiger partial charge < -0.3 is 4.74 Å². The van der Waals surface area contributed by atoms with Gasteiger partial charge >= 0.3 is 5.97 Å². The van der Waals surface area contributed by atoms with Crippen molar-refractivity contribution < 1.29 is 22.7 Å². The van der Waals surface area contributed by atoms with E-state index in [1.165, 1.54) is 10.6 Å². The third-order valence-corrected chi connectivity index (χ3v) is 10.9. The summed E-state index contributed by atoms with van der Waals surface area (Å²) >= 11 is 0. The summed E-state index contributed by atoms with van der Waals surface area (Å²) in [6, 6.07) is 11.8. The highest BCUT2D eigenvalue weighted by Gasteiger charge is 2.49. The highest BCUT2D eigenvalue weighted by Crippen LogP contribution is 2.36. The second-order valence-electron chi connectivity index (χ2n) is 12.0. The van der Waals surface area contributed by atoms with Gasteiger partial charge in [-0.25, -0.2) is 18.4 Å². The van der Waals surface area contributed by atoms with E-state index in [9.17, 15) is 23.3 Å². The number of aromatic nitrogens is 5. The van der Waals surface area contributed by atoms with Gasteiger partial charge in [-0.2, -0.15) is 14.7 Å². The fourth-order valence-corrected chi connectivity index (χ4v) is 7.48. The molecule has 4 aromatic rings. The molecule has 2 fully saturated rings. The number of carbonyl (C=O) groups excluding carboxylic acids is 2. The Morgan fingerprint density at radius 3 is 2.67 bits per heavy atom. The molecule has 1 aliphatic carbocycles. The molecule has 4 heterocycles. The number of Topliss-reactive ketones (excluding diaryl/α,β-unsaturated/α-hetero) is 1. The van der Waals surface area contributed by atoms with Crippen LogP contribution in [0, 0.1) is 17.2 Å². The normalized spacial score (nSPS) is 18.9. The summed E-state index contributed by atoms with van der Waals surface area (Å²) in [5.41, 5.74) is 3.09. The maximum atomic E-state index is 13.0. The van der Waals surface area contributed by atoms with E-state index in [0.717, 1.165) is 35.8 Å². The van der Waals surface area contributed by atoms with Crippen LogP contribution >= 0.6 is 0 Å². The van der Waals surface area contributed by atoms with Gasteiger partial charge in [0, 0.05) is 48.8 Å². The van der Waals surface area contributed by atoms with Crippen LogP contribution in [0.3, 0.4) is 0 Å². The van der Waals surface area contributed by atoms with Crippen LogP contribution in [0.25, 0.3) is 22.3 Å². The van der Waals surface area contributed by atoms with Crippen LogP contribution in [0.5, 0.6) is 0 Å². The van der Waals surface area contributed by atoms with Crippen LogP contribution in [0.1, 0.15) is 56.6 Å². The molecule has 1 saturated carbocycles. The summed E-state index contributed by atoms with van der Waals surface area (Å²) < 4.78 is 35.1. The Bertz CT molecular complexity index is 1880. The number of fused-ring (bicyclic) bond motifs is 1. The van der Waals surface area contributed by atoms with Gasteiger partial charge in [-0.3, -0.25) is 18.8 Å². The molecular weight excluding hydrogens is 594 g/mol. The van der Waals surface area contributed by atoms with Gasteiger partial charge in [0.25, 0.3) is 0 Å². The van der Waals surface area contributed by atoms with Crippen LogP contribution < -0.4 is 0 Å². The minimum absolute atomic E-state index is 0.00161. The first-order valence-electron chi connectivity index (χ1n) is 15.1. The molecule has 1 aliphatic heterocycles.